The topological polar surface area (TPSA) is 87.4 Å². The number of rotatable bonds is 7. The second-order valence-electron chi connectivity index (χ2n) is 8.54. The molecule has 0 radical (unpaired) electrons. The van der Waals surface area contributed by atoms with Gasteiger partial charge in [-0.15, -0.1) is 0 Å². The van der Waals surface area contributed by atoms with Crippen LogP contribution in [0.2, 0.25) is 10.0 Å². The molecule has 190 valence electrons. The standard InChI is InChI=1S/C31H20Cl2N4O2/c32-24-14-23(30(27(33)15-24)39-19-21-12-10-20(17-34)11-13-21)18-35-37-31(38)26-16-29(22-6-2-1-3-7-22)36-28-9-5-4-8-25(26)28/h1-16,18H,19H2,(H,37,38)/b35-18-. The van der Waals surface area contributed by atoms with E-state index in [9.17, 15) is 4.79 Å². The van der Waals surface area contributed by atoms with Crippen molar-refractivity contribution in [3.8, 4) is 23.1 Å². The van der Waals surface area contributed by atoms with Crippen LogP contribution in [-0.2, 0) is 6.61 Å². The average Bonchev–Trinajstić information content (AvgIpc) is 2.96. The quantitative estimate of drug-likeness (QED) is 0.168. The van der Waals surface area contributed by atoms with Crippen molar-refractivity contribution < 1.29 is 9.53 Å². The minimum Gasteiger partial charge on any atom is -0.487 e. The Morgan fingerprint density at radius 1 is 0.974 bits per heavy atom. The first-order chi connectivity index (χ1) is 19.0. The number of benzene rings is 4. The van der Waals surface area contributed by atoms with E-state index in [1.54, 1.807) is 42.5 Å². The molecule has 0 bridgehead atoms. The van der Waals surface area contributed by atoms with E-state index >= 15 is 0 Å². The van der Waals surface area contributed by atoms with Crippen LogP contribution >= 0.6 is 23.2 Å². The van der Waals surface area contributed by atoms with Crippen molar-refractivity contribution in [3.05, 3.63) is 129 Å². The molecule has 0 aliphatic heterocycles. The Hall–Kier alpha value is -4.70. The summed E-state index contributed by atoms with van der Waals surface area (Å²) in [5.41, 5.74) is 7.24. The van der Waals surface area contributed by atoms with E-state index in [-0.39, 0.29) is 6.61 Å². The van der Waals surface area contributed by atoms with Crippen LogP contribution in [0.1, 0.15) is 27.0 Å². The number of nitriles is 1. The predicted molar refractivity (Wildman–Crippen MR) is 154 cm³/mol. The van der Waals surface area contributed by atoms with Crippen molar-refractivity contribution in [3.63, 3.8) is 0 Å². The summed E-state index contributed by atoms with van der Waals surface area (Å²) >= 11 is 12.6. The number of carbonyl (C=O) groups is 1. The van der Waals surface area contributed by atoms with Crippen LogP contribution in [0.5, 0.6) is 5.75 Å². The van der Waals surface area contributed by atoms with Crippen molar-refractivity contribution in [2.75, 3.05) is 0 Å². The maximum absolute atomic E-state index is 13.3. The lowest BCUT2D eigenvalue weighted by Crippen LogP contribution is -2.18. The molecule has 0 spiro atoms. The van der Waals surface area contributed by atoms with Crippen LogP contribution in [0.3, 0.4) is 0 Å². The molecule has 4 aromatic carbocycles. The highest BCUT2D eigenvalue weighted by Gasteiger charge is 2.14. The SMILES string of the molecule is N#Cc1ccc(COc2c(Cl)cc(Cl)cc2/C=N\NC(=O)c2cc(-c3ccccc3)nc3ccccc23)cc1. The van der Waals surface area contributed by atoms with Crippen LogP contribution in [0.25, 0.3) is 22.2 Å². The van der Waals surface area contributed by atoms with Gasteiger partial charge >= 0.3 is 0 Å². The van der Waals surface area contributed by atoms with Crippen LogP contribution in [0.4, 0.5) is 0 Å². The molecule has 0 atom stereocenters. The number of hydrogen-bond acceptors (Lipinski definition) is 5. The number of aromatic nitrogens is 1. The maximum Gasteiger partial charge on any atom is 0.272 e. The lowest BCUT2D eigenvalue weighted by Gasteiger charge is -2.12. The fourth-order valence-electron chi connectivity index (χ4n) is 4.00. The Bertz CT molecular complexity index is 1730. The highest BCUT2D eigenvalue weighted by atomic mass is 35.5. The van der Waals surface area contributed by atoms with Gasteiger partial charge in [0.25, 0.3) is 5.91 Å². The number of hydrazone groups is 1. The van der Waals surface area contributed by atoms with Gasteiger partial charge in [0.1, 0.15) is 12.4 Å². The molecule has 1 N–H and O–H groups in total. The smallest absolute Gasteiger partial charge is 0.272 e. The highest BCUT2D eigenvalue weighted by molar-refractivity contribution is 6.36. The first kappa shape index (κ1) is 25.9. The van der Waals surface area contributed by atoms with Crippen molar-refractivity contribution in [1.29, 1.82) is 5.26 Å². The van der Waals surface area contributed by atoms with Gasteiger partial charge in [0.05, 0.1) is 39.6 Å². The van der Waals surface area contributed by atoms with Gasteiger partial charge < -0.3 is 4.74 Å². The second-order valence-corrected chi connectivity index (χ2v) is 9.38. The zero-order chi connectivity index (χ0) is 27.2. The van der Waals surface area contributed by atoms with Crippen molar-refractivity contribution >= 4 is 46.2 Å². The number of pyridine rings is 1. The molecule has 0 saturated carbocycles. The third-order valence-corrected chi connectivity index (χ3v) is 6.40. The lowest BCUT2D eigenvalue weighted by atomic mass is 10.0. The summed E-state index contributed by atoms with van der Waals surface area (Å²) in [4.78, 5) is 18.0. The van der Waals surface area contributed by atoms with Gasteiger partial charge in [0.2, 0.25) is 0 Å². The molecule has 5 rings (SSSR count). The predicted octanol–water partition coefficient (Wildman–Crippen LogP) is 7.42. The van der Waals surface area contributed by atoms with E-state index in [0.29, 0.717) is 49.1 Å². The molecule has 0 unspecified atom stereocenters. The van der Waals surface area contributed by atoms with Gasteiger partial charge in [-0.25, -0.2) is 10.4 Å². The summed E-state index contributed by atoms with van der Waals surface area (Å²) < 4.78 is 5.96. The second kappa shape index (κ2) is 11.8. The van der Waals surface area contributed by atoms with Crippen molar-refractivity contribution in [2.45, 2.75) is 6.61 Å². The van der Waals surface area contributed by atoms with E-state index in [4.69, 9.17) is 38.2 Å². The molecular formula is C31H20Cl2N4O2. The first-order valence-corrected chi connectivity index (χ1v) is 12.7. The van der Waals surface area contributed by atoms with Crippen LogP contribution in [0, 0.1) is 11.3 Å². The van der Waals surface area contributed by atoms with E-state index in [1.165, 1.54) is 6.21 Å². The van der Waals surface area contributed by atoms with Gasteiger partial charge in [-0.2, -0.15) is 10.4 Å². The van der Waals surface area contributed by atoms with Crippen LogP contribution in [0.15, 0.2) is 102 Å². The number of fused-ring (bicyclic) bond motifs is 1. The number of carbonyl (C=O) groups excluding carboxylic acids is 1. The Balaban J connectivity index is 1.39. The fourth-order valence-corrected chi connectivity index (χ4v) is 4.56. The first-order valence-electron chi connectivity index (χ1n) is 11.9. The Kier molecular flexibility index (Phi) is 7.83. The van der Waals surface area contributed by atoms with Gasteiger partial charge in [-0.3, -0.25) is 4.79 Å². The fraction of sp³-hybridized carbons (Fsp3) is 0.0323. The van der Waals surface area contributed by atoms with E-state index < -0.39 is 5.91 Å². The highest BCUT2D eigenvalue weighted by Crippen LogP contribution is 2.32. The van der Waals surface area contributed by atoms with Gasteiger partial charge in [0, 0.05) is 21.5 Å². The van der Waals surface area contributed by atoms with Crippen molar-refractivity contribution in [2.24, 2.45) is 5.10 Å². The lowest BCUT2D eigenvalue weighted by molar-refractivity contribution is 0.0956. The molecule has 0 aliphatic carbocycles. The number of para-hydroxylation sites is 1. The van der Waals surface area contributed by atoms with Crippen LogP contribution in [-0.4, -0.2) is 17.1 Å². The summed E-state index contributed by atoms with van der Waals surface area (Å²) in [6.07, 6.45) is 1.44. The zero-order valence-corrected chi connectivity index (χ0v) is 21.9. The Morgan fingerprint density at radius 3 is 2.49 bits per heavy atom. The minimum atomic E-state index is -0.393. The third kappa shape index (κ3) is 6.07. The summed E-state index contributed by atoms with van der Waals surface area (Å²) in [7, 11) is 0. The molecule has 1 aromatic heterocycles. The van der Waals surface area contributed by atoms with E-state index in [1.807, 2.05) is 54.6 Å². The molecule has 0 saturated heterocycles. The molecule has 1 amide bonds. The maximum atomic E-state index is 13.3. The number of ether oxygens (including phenoxy) is 1. The normalized spacial score (nSPS) is 10.9. The Morgan fingerprint density at radius 2 is 1.72 bits per heavy atom. The van der Waals surface area contributed by atoms with E-state index in [0.717, 1.165) is 11.1 Å². The number of halogens is 2. The monoisotopic (exact) mass is 550 g/mol. The number of amides is 1. The molecule has 1 heterocycles. The van der Waals surface area contributed by atoms with E-state index in [2.05, 4.69) is 16.6 Å². The summed E-state index contributed by atoms with van der Waals surface area (Å²) in [5, 5.41) is 14.6. The van der Waals surface area contributed by atoms with Crippen LogP contribution < -0.4 is 10.2 Å². The largest absolute Gasteiger partial charge is 0.487 e. The molecule has 0 fully saturated rings. The zero-order valence-electron chi connectivity index (χ0n) is 20.4. The van der Waals surface area contributed by atoms with Gasteiger partial charge in [0.15, 0.2) is 0 Å². The average molecular weight is 551 g/mol. The molecule has 6 nitrogen and oxygen atoms in total. The summed E-state index contributed by atoms with van der Waals surface area (Å²) in [6, 6.07) is 31.2. The minimum absolute atomic E-state index is 0.214. The van der Waals surface area contributed by atoms with Gasteiger partial charge in [-0.05, 0) is 42.0 Å². The molecule has 8 heteroatoms. The summed E-state index contributed by atoms with van der Waals surface area (Å²) in [6.45, 7) is 0.214. The van der Waals surface area contributed by atoms with Crippen molar-refractivity contribution in [1.82, 2.24) is 10.4 Å². The number of nitrogens with one attached hydrogen (secondary N) is 1. The number of nitrogens with zero attached hydrogens (tertiary/aromatic N) is 3. The van der Waals surface area contributed by atoms with Gasteiger partial charge in [-0.1, -0.05) is 83.9 Å². The molecule has 5 aromatic rings. The number of hydrogen-bond donors (Lipinski definition) is 1. The molecular weight excluding hydrogens is 531 g/mol. The summed E-state index contributed by atoms with van der Waals surface area (Å²) in [5.74, 6) is -0.0284. The Labute approximate surface area is 235 Å². The molecule has 39 heavy (non-hydrogen) atoms. The third-order valence-electron chi connectivity index (χ3n) is 5.90. The molecule has 0 aliphatic rings.